The van der Waals surface area contributed by atoms with Gasteiger partial charge in [0.25, 0.3) is 0 Å². The summed E-state index contributed by atoms with van der Waals surface area (Å²) in [5.74, 6) is 0.724. The highest BCUT2D eigenvalue weighted by Crippen LogP contribution is 2.32. The first-order valence-corrected chi connectivity index (χ1v) is 6.34. The minimum Gasteiger partial charge on any atom is -0.294 e. The van der Waals surface area contributed by atoms with Crippen molar-refractivity contribution in [1.29, 1.82) is 0 Å². The molecule has 1 rings (SSSR count). The Kier molecular flexibility index (Phi) is 4.26. The number of rotatable bonds is 4. The predicted octanol–water partition coefficient (Wildman–Crippen LogP) is 3.83. The van der Waals surface area contributed by atoms with Gasteiger partial charge in [0.15, 0.2) is 5.78 Å². The third-order valence-corrected chi connectivity index (χ3v) is 4.14. The number of alkyl halides is 1. The topological polar surface area (TPSA) is 30.0 Å². The molecule has 78 valence electrons. The number of carbonyl (C=O) groups is 1. The van der Waals surface area contributed by atoms with Gasteiger partial charge in [0.05, 0.1) is 9.70 Å². The Bertz CT molecular complexity index is 322. The Morgan fingerprint density at radius 1 is 1.64 bits per heavy atom. The van der Waals surface area contributed by atoms with Crippen molar-refractivity contribution in [3.05, 3.63) is 16.1 Å². The summed E-state index contributed by atoms with van der Waals surface area (Å²) in [7, 11) is 0. The predicted molar refractivity (Wildman–Crippen MR) is 63.2 cm³/mol. The molecule has 14 heavy (non-hydrogen) atoms. The molecule has 0 saturated heterocycles. The first-order chi connectivity index (χ1) is 6.50. The molecule has 0 aliphatic carbocycles. The average molecular weight is 276 g/mol. The molecule has 2 nitrogen and oxygen atoms in total. The van der Waals surface area contributed by atoms with Crippen LogP contribution in [0.3, 0.4) is 0 Å². The lowest BCUT2D eigenvalue weighted by Crippen LogP contribution is -1.94. The second kappa shape index (κ2) is 5.03. The minimum atomic E-state index is 0.0954. The van der Waals surface area contributed by atoms with E-state index < -0.39 is 0 Å². The molecule has 0 aliphatic rings. The fraction of sp³-hybridized carbons (Fsp3) is 0.600. The molecule has 0 N–H and O–H groups in total. The van der Waals surface area contributed by atoms with Crippen LogP contribution < -0.4 is 0 Å². The van der Waals surface area contributed by atoms with Gasteiger partial charge in [0.2, 0.25) is 0 Å². The second-order valence-corrected chi connectivity index (χ2v) is 5.88. The standard InChI is InChI=1S/C10H14BrNOS/c1-6(2)4-8(11)10-12-5-9(14-10)7(3)13/h5-6,8H,4H2,1-3H3. The zero-order valence-electron chi connectivity index (χ0n) is 8.58. The third-order valence-electron chi connectivity index (χ3n) is 1.82. The molecule has 1 aromatic rings. The molecule has 1 heterocycles. The summed E-state index contributed by atoms with van der Waals surface area (Å²) >= 11 is 5.07. The number of hydrogen-bond donors (Lipinski definition) is 0. The zero-order valence-corrected chi connectivity index (χ0v) is 11.0. The normalized spacial score (nSPS) is 13.2. The molecule has 1 aromatic heterocycles. The van der Waals surface area contributed by atoms with Gasteiger partial charge in [-0.3, -0.25) is 4.79 Å². The Morgan fingerprint density at radius 2 is 2.29 bits per heavy atom. The van der Waals surface area contributed by atoms with Crippen LogP contribution in [0, 0.1) is 5.92 Å². The first kappa shape index (κ1) is 11.9. The lowest BCUT2D eigenvalue weighted by atomic mass is 10.1. The maximum atomic E-state index is 11.1. The van der Waals surface area contributed by atoms with E-state index in [1.807, 2.05) is 0 Å². The van der Waals surface area contributed by atoms with Crippen molar-refractivity contribution in [1.82, 2.24) is 4.98 Å². The zero-order chi connectivity index (χ0) is 10.7. The van der Waals surface area contributed by atoms with Gasteiger partial charge in [-0.25, -0.2) is 4.98 Å². The Labute approximate surface area is 96.9 Å². The van der Waals surface area contributed by atoms with Gasteiger partial charge in [0.1, 0.15) is 5.01 Å². The maximum absolute atomic E-state index is 11.1. The molecule has 0 bridgehead atoms. The van der Waals surface area contributed by atoms with Crippen LogP contribution in [0.2, 0.25) is 0 Å². The van der Waals surface area contributed by atoms with Crippen LogP contribution in [-0.4, -0.2) is 10.8 Å². The van der Waals surface area contributed by atoms with Gasteiger partial charge in [-0.2, -0.15) is 0 Å². The highest BCUT2D eigenvalue weighted by Gasteiger charge is 2.14. The smallest absolute Gasteiger partial charge is 0.171 e. The van der Waals surface area contributed by atoms with Crippen LogP contribution in [0.1, 0.15) is 46.7 Å². The number of ketones is 1. The van der Waals surface area contributed by atoms with Crippen molar-refractivity contribution in [2.24, 2.45) is 5.92 Å². The number of carbonyl (C=O) groups excluding carboxylic acids is 1. The lowest BCUT2D eigenvalue weighted by molar-refractivity contribution is 0.102. The Morgan fingerprint density at radius 3 is 2.71 bits per heavy atom. The fourth-order valence-corrected chi connectivity index (χ4v) is 3.06. The number of nitrogens with zero attached hydrogens (tertiary/aromatic N) is 1. The van der Waals surface area contributed by atoms with Crippen LogP contribution in [-0.2, 0) is 0 Å². The SMILES string of the molecule is CC(=O)c1cnc(C(Br)CC(C)C)s1. The molecule has 0 aliphatic heterocycles. The van der Waals surface area contributed by atoms with Gasteiger partial charge in [-0.1, -0.05) is 29.8 Å². The van der Waals surface area contributed by atoms with E-state index in [1.165, 1.54) is 11.3 Å². The van der Waals surface area contributed by atoms with Crippen molar-refractivity contribution in [2.45, 2.75) is 32.0 Å². The molecule has 0 radical (unpaired) electrons. The number of thiazole rings is 1. The van der Waals surface area contributed by atoms with E-state index in [2.05, 4.69) is 34.8 Å². The average Bonchev–Trinajstić information content (AvgIpc) is 2.50. The van der Waals surface area contributed by atoms with E-state index >= 15 is 0 Å². The minimum absolute atomic E-state index is 0.0954. The first-order valence-electron chi connectivity index (χ1n) is 4.61. The number of halogens is 1. The molecule has 4 heteroatoms. The van der Waals surface area contributed by atoms with Crippen LogP contribution in [0.15, 0.2) is 6.20 Å². The monoisotopic (exact) mass is 275 g/mol. The maximum Gasteiger partial charge on any atom is 0.171 e. The highest BCUT2D eigenvalue weighted by atomic mass is 79.9. The van der Waals surface area contributed by atoms with Crippen LogP contribution in [0.4, 0.5) is 0 Å². The van der Waals surface area contributed by atoms with Gasteiger partial charge in [0, 0.05) is 13.1 Å². The Balaban J connectivity index is 2.71. The molecule has 0 saturated carbocycles. The van der Waals surface area contributed by atoms with E-state index in [9.17, 15) is 4.79 Å². The van der Waals surface area contributed by atoms with E-state index in [-0.39, 0.29) is 10.6 Å². The van der Waals surface area contributed by atoms with Crippen molar-refractivity contribution in [3.63, 3.8) is 0 Å². The van der Waals surface area contributed by atoms with Crippen molar-refractivity contribution in [2.75, 3.05) is 0 Å². The van der Waals surface area contributed by atoms with Crippen molar-refractivity contribution < 1.29 is 4.79 Å². The second-order valence-electron chi connectivity index (χ2n) is 3.72. The molecule has 0 spiro atoms. The molecule has 1 atom stereocenters. The van der Waals surface area contributed by atoms with E-state index in [4.69, 9.17) is 0 Å². The van der Waals surface area contributed by atoms with Crippen molar-refractivity contribution >= 4 is 33.0 Å². The quantitative estimate of drug-likeness (QED) is 0.618. The summed E-state index contributed by atoms with van der Waals surface area (Å²) in [4.78, 5) is 16.3. The Hall–Kier alpha value is -0.220. The fourth-order valence-electron chi connectivity index (χ4n) is 1.11. The van der Waals surface area contributed by atoms with Gasteiger partial charge in [-0.05, 0) is 12.3 Å². The van der Waals surface area contributed by atoms with E-state index in [0.717, 1.165) is 16.3 Å². The van der Waals surface area contributed by atoms with Gasteiger partial charge in [-0.15, -0.1) is 11.3 Å². The van der Waals surface area contributed by atoms with Crippen LogP contribution in [0.5, 0.6) is 0 Å². The largest absolute Gasteiger partial charge is 0.294 e. The van der Waals surface area contributed by atoms with Gasteiger partial charge < -0.3 is 0 Å². The summed E-state index contributed by atoms with van der Waals surface area (Å²) in [6.07, 6.45) is 2.71. The summed E-state index contributed by atoms with van der Waals surface area (Å²) in [6, 6.07) is 0. The molecule has 0 aromatic carbocycles. The molecule has 1 unspecified atom stereocenters. The third kappa shape index (κ3) is 3.17. The number of aromatic nitrogens is 1. The van der Waals surface area contributed by atoms with Crippen molar-refractivity contribution in [3.8, 4) is 0 Å². The molecule has 0 amide bonds. The van der Waals surface area contributed by atoms with Crippen LogP contribution in [0.25, 0.3) is 0 Å². The summed E-state index contributed by atoms with van der Waals surface area (Å²) < 4.78 is 0. The summed E-state index contributed by atoms with van der Waals surface area (Å²) in [6.45, 7) is 5.92. The van der Waals surface area contributed by atoms with E-state index in [0.29, 0.717) is 5.92 Å². The molecule has 0 fully saturated rings. The molecular weight excluding hydrogens is 262 g/mol. The summed E-state index contributed by atoms with van der Waals surface area (Å²) in [5.41, 5.74) is 0. The summed E-state index contributed by atoms with van der Waals surface area (Å²) in [5, 5.41) is 1.00. The molecular formula is C10H14BrNOS. The van der Waals surface area contributed by atoms with Gasteiger partial charge >= 0.3 is 0 Å². The number of hydrogen-bond acceptors (Lipinski definition) is 3. The van der Waals surface area contributed by atoms with E-state index in [1.54, 1.807) is 13.1 Å². The lowest BCUT2D eigenvalue weighted by Gasteiger charge is -2.08. The van der Waals surface area contributed by atoms with Crippen LogP contribution >= 0.6 is 27.3 Å². The highest BCUT2D eigenvalue weighted by molar-refractivity contribution is 9.09. The number of Topliss-reactive ketones (excluding diaryl/α,β-unsaturated/α-hetero) is 1.